The topological polar surface area (TPSA) is 88.4 Å². The fourth-order valence-electron chi connectivity index (χ4n) is 3.54. The van der Waals surface area contributed by atoms with Gasteiger partial charge in [-0.1, -0.05) is 55.8 Å². The Morgan fingerprint density at radius 1 is 1.09 bits per heavy atom. The molecular weight excluding hydrogens is 469 g/mol. The van der Waals surface area contributed by atoms with Crippen molar-refractivity contribution in [1.29, 1.82) is 0 Å². The molecule has 0 amide bonds. The van der Waals surface area contributed by atoms with Gasteiger partial charge in [0.15, 0.2) is 5.65 Å². The van der Waals surface area contributed by atoms with Crippen molar-refractivity contribution in [2.45, 2.75) is 31.1 Å². The second-order valence-corrected chi connectivity index (χ2v) is 10.4. The molecule has 174 valence electrons. The minimum atomic E-state index is -3.56. The third-order valence-electron chi connectivity index (χ3n) is 5.46. The number of hydrogen-bond acceptors (Lipinski definition) is 5. The predicted octanol–water partition coefficient (Wildman–Crippen LogP) is 3.75. The summed E-state index contributed by atoms with van der Waals surface area (Å²) in [4.78, 5) is 4.87. The van der Waals surface area contributed by atoms with E-state index in [1.807, 2.05) is 36.4 Å². The first kappa shape index (κ1) is 24.3. The Hall–Kier alpha value is -2.88. The molecule has 0 bridgehead atoms. The van der Waals surface area contributed by atoms with Crippen LogP contribution in [0, 0.1) is 0 Å². The largest absolute Gasteiger partial charge is 0.370 e. The number of benzene rings is 2. The summed E-state index contributed by atoms with van der Waals surface area (Å²) in [6, 6.07) is 16.3. The van der Waals surface area contributed by atoms with Gasteiger partial charge in [-0.05, 0) is 41.6 Å². The van der Waals surface area contributed by atoms with E-state index in [-0.39, 0.29) is 11.4 Å². The molecule has 0 unspecified atom stereocenters. The van der Waals surface area contributed by atoms with Gasteiger partial charge in [0.05, 0.1) is 10.6 Å². The number of halogens is 1. The van der Waals surface area contributed by atoms with Crippen LogP contribution >= 0.6 is 11.6 Å². The first-order chi connectivity index (χ1) is 16.3. The molecule has 2 radical (unpaired) electrons. The van der Waals surface area contributed by atoms with E-state index in [1.54, 1.807) is 28.9 Å². The molecule has 7 nitrogen and oxygen atoms in total. The number of rotatable bonds is 9. The molecule has 2 aromatic heterocycles. The van der Waals surface area contributed by atoms with E-state index in [9.17, 15) is 8.42 Å². The van der Waals surface area contributed by atoms with E-state index in [0.717, 1.165) is 11.1 Å². The van der Waals surface area contributed by atoms with Gasteiger partial charge in [-0.15, -0.1) is 0 Å². The lowest BCUT2D eigenvalue weighted by Gasteiger charge is -2.12. The summed E-state index contributed by atoms with van der Waals surface area (Å²) in [5, 5.41) is 8.18. The lowest BCUT2D eigenvalue weighted by Crippen LogP contribution is -2.26. The van der Waals surface area contributed by atoms with Crippen molar-refractivity contribution in [3.05, 3.63) is 71.4 Å². The third kappa shape index (κ3) is 5.27. The summed E-state index contributed by atoms with van der Waals surface area (Å²) in [6.45, 7) is 4.93. The summed E-state index contributed by atoms with van der Waals surface area (Å²) in [5.41, 5.74) is 3.52. The lowest BCUT2D eigenvalue weighted by molar-refractivity contribution is 0.580. The van der Waals surface area contributed by atoms with E-state index in [4.69, 9.17) is 19.4 Å². The molecule has 0 aliphatic heterocycles. The highest BCUT2D eigenvalue weighted by Crippen LogP contribution is 2.28. The van der Waals surface area contributed by atoms with Gasteiger partial charge in [0.2, 0.25) is 10.0 Å². The maximum atomic E-state index is 12.6. The number of nitrogens with one attached hydrogen (secondary N) is 2. The maximum absolute atomic E-state index is 12.6. The molecular formula is C24H25BClN5O2S. The van der Waals surface area contributed by atoms with Crippen LogP contribution in [-0.2, 0) is 10.0 Å². The van der Waals surface area contributed by atoms with Gasteiger partial charge < -0.3 is 5.32 Å². The normalized spacial score (nSPS) is 11.9. The minimum Gasteiger partial charge on any atom is -0.370 e. The molecule has 2 heterocycles. The van der Waals surface area contributed by atoms with Crippen molar-refractivity contribution >= 4 is 46.4 Å². The molecule has 0 fully saturated rings. The highest BCUT2D eigenvalue weighted by Gasteiger charge is 2.15. The van der Waals surface area contributed by atoms with Crippen molar-refractivity contribution in [2.75, 3.05) is 18.4 Å². The highest BCUT2D eigenvalue weighted by atomic mass is 35.5. The van der Waals surface area contributed by atoms with Gasteiger partial charge in [0.25, 0.3) is 0 Å². The van der Waals surface area contributed by atoms with Crippen LogP contribution in [-0.4, -0.2) is 44.0 Å². The monoisotopic (exact) mass is 493 g/mol. The first-order valence-corrected chi connectivity index (χ1v) is 12.8. The van der Waals surface area contributed by atoms with Gasteiger partial charge in [0.1, 0.15) is 13.7 Å². The molecule has 4 rings (SSSR count). The highest BCUT2D eigenvalue weighted by molar-refractivity contribution is 7.89. The zero-order valence-corrected chi connectivity index (χ0v) is 20.6. The van der Waals surface area contributed by atoms with E-state index >= 15 is 0 Å². The Labute approximate surface area is 206 Å². The number of fused-ring (bicyclic) bond motifs is 1. The summed E-state index contributed by atoms with van der Waals surface area (Å²) >= 11 is 6.36. The van der Waals surface area contributed by atoms with Gasteiger partial charge in [0, 0.05) is 35.9 Å². The minimum absolute atomic E-state index is 0.261. The van der Waals surface area contributed by atoms with Gasteiger partial charge in [-0.25, -0.2) is 18.1 Å². The van der Waals surface area contributed by atoms with Crippen LogP contribution in [0.15, 0.2) is 65.7 Å². The van der Waals surface area contributed by atoms with Crippen LogP contribution in [0.4, 0.5) is 5.82 Å². The Kier molecular flexibility index (Phi) is 7.26. The first-order valence-electron chi connectivity index (χ1n) is 11.0. The van der Waals surface area contributed by atoms with Crippen LogP contribution in [0.1, 0.15) is 31.7 Å². The molecule has 0 atom stereocenters. The Morgan fingerprint density at radius 3 is 2.53 bits per heavy atom. The van der Waals surface area contributed by atoms with Crippen molar-refractivity contribution in [1.82, 2.24) is 19.3 Å². The van der Waals surface area contributed by atoms with Crippen molar-refractivity contribution in [3.8, 4) is 11.3 Å². The second kappa shape index (κ2) is 10.2. The predicted molar refractivity (Wildman–Crippen MR) is 138 cm³/mol. The van der Waals surface area contributed by atoms with Crippen molar-refractivity contribution in [2.24, 2.45) is 0 Å². The van der Waals surface area contributed by atoms with Crippen LogP contribution in [0.2, 0.25) is 5.02 Å². The summed E-state index contributed by atoms with van der Waals surface area (Å²) in [5.74, 6) is 1.03. The van der Waals surface area contributed by atoms with E-state index < -0.39 is 10.0 Å². The Bertz CT molecular complexity index is 1400. The molecule has 0 saturated carbocycles. The number of hydrogen-bond donors (Lipinski definition) is 2. The molecule has 34 heavy (non-hydrogen) atoms. The molecule has 4 aromatic rings. The quantitative estimate of drug-likeness (QED) is 0.274. The Balaban J connectivity index is 1.42. The zero-order valence-electron chi connectivity index (χ0n) is 19.0. The molecule has 2 N–H and O–H groups in total. The molecule has 2 aromatic carbocycles. The van der Waals surface area contributed by atoms with Gasteiger partial charge in [-0.3, -0.25) is 0 Å². The standard InChI is InChI=1S/C24H25BClN5O2S/c1-16(2)17-8-10-18(11-9-17)34(32,33)29-13-5-12-27-23-14-22(19-6-3-4-7-21(19)26)30-24-20(25)15-28-31(23)24/h3-4,6-11,14-16,27,29H,5,12-13H2,1-2H3. The van der Waals surface area contributed by atoms with E-state index in [1.165, 1.54) is 0 Å². The third-order valence-corrected chi connectivity index (χ3v) is 7.26. The summed E-state index contributed by atoms with van der Waals surface area (Å²) in [6.07, 6.45) is 2.11. The summed E-state index contributed by atoms with van der Waals surface area (Å²) < 4.78 is 29.4. The summed E-state index contributed by atoms with van der Waals surface area (Å²) in [7, 11) is 2.49. The second-order valence-electron chi connectivity index (χ2n) is 8.24. The van der Waals surface area contributed by atoms with Crippen LogP contribution < -0.4 is 15.5 Å². The molecule has 10 heteroatoms. The van der Waals surface area contributed by atoms with E-state index in [2.05, 4.69) is 34.0 Å². The van der Waals surface area contributed by atoms with E-state index in [0.29, 0.717) is 46.5 Å². The maximum Gasteiger partial charge on any atom is 0.240 e. The van der Waals surface area contributed by atoms with Crippen LogP contribution in [0.25, 0.3) is 16.9 Å². The number of aromatic nitrogens is 3. The Morgan fingerprint density at radius 2 is 1.82 bits per heavy atom. The molecule has 0 aliphatic carbocycles. The zero-order chi connectivity index (χ0) is 24.3. The lowest BCUT2D eigenvalue weighted by atomic mass is 10.0. The fourth-order valence-corrected chi connectivity index (χ4v) is 4.85. The SMILES string of the molecule is [B]c1cnn2c(NCCCNS(=O)(=O)c3ccc(C(C)C)cc3)cc(-c3ccccc3Cl)nc12. The van der Waals surface area contributed by atoms with Crippen LogP contribution in [0.5, 0.6) is 0 Å². The number of anilines is 1. The molecule has 0 aliphatic rings. The molecule has 0 saturated heterocycles. The fraction of sp³-hybridized carbons (Fsp3) is 0.250. The number of sulfonamides is 1. The number of nitrogens with zero attached hydrogens (tertiary/aromatic N) is 3. The average molecular weight is 494 g/mol. The van der Waals surface area contributed by atoms with Crippen molar-refractivity contribution in [3.63, 3.8) is 0 Å². The van der Waals surface area contributed by atoms with Gasteiger partial charge >= 0.3 is 0 Å². The molecule has 0 spiro atoms. The smallest absolute Gasteiger partial charge is 0.240 e. The van der Waals surface area contributed by atoms with Crippen LogP contribution in [0.3, 0.4) is 0 Å². The van der Waals surface area contributed by atoms with Gasteiger partial charge in [-0.2, -0.15) is 9.61 Å². The average Bonchev–Trinajstić information content (AvgIpc) is 3.20. The van der Waals surface area contributed by atoms with Crippen molar-refractivity contribution < 1.29 is 8.42 Å².